The largest absolute Gasteiger partial charge is 0.457 e. The first kappa shape index (κ1) is 19.2. The van der Waals surface area contributed by atoms with Gasteiger partial charge in [0.05, 0.1) is 17.8 Å². The van der Waals surface area contributed by atoms with E-state index in [4.69, 9.17) is 27.9 Å². The van der Waals surface area contributed by atoms with Crippen LogP contribution in [0.5, 0.6) is 0 Å². The molecule has 0 aromatic heterocycles. The second-order valence-electron chi connectivity index (χ2n) is 6.52. The standard InChI is InChI=1S/C19H13BrCl2N2O4/c20-11-3-1-10(2-4-11)18(26)28-15-8-16-17(25)24(19(27)23(16)9-15)14-6-12(21)5-13(22)7-14/h1-7,15-16H,8-9H2. The molecular weight excluding hydrogens is 471 g/mol. The van der Waals surface area contributed by atoms with Gasteiger partial charge in [-0.3, -0.25) is 4.79 Å². The van der Waals surface area contributed by atoms with Crippen molar-refractivity contribution in [2.75, 3.05) is 11.4 Å². The SMILES string of the molecule is O=C(OC1CC2C(=O)N(c3cc(Cl)cc(Cl)c3)C(=O)N2C1)c1ccc(Br)cc1. The normalized spacial score (nSPS) is 21.2. The Bertz CT molecular complexity index is 938. The van der Waals surface area contributed by atoms with Gasteiger partial charge in [0.2, 0.25) is 0 Å². The van der Waals surface area contributed by atoms with Gasteiger partial charge in [-0.05, 0) is 42.5 Å². The summed E-state index contributed by atoms with van der Waals surface area (Å²) >= 11 is 15.3. The molecule has 0 N–H and O–H groups in total. The molecule has 6 nitrogen and oxygen atoms in total. The van der Waals surface area contributed by atoms with E-state index in [-0.39, 0.29) is 18.9 Å². The highest BCUT2D eigenvalue weighted by atomic mass is 79.9. The number of rotatable bonds is 3. The maximum absolute atomic E-state index is 12.8. The molecule has 9 heteroatoms. The van der Waals surface area contributed by atoms with Gasteiger partial charge < -0.3 is 9.64 Å². The Labute approximate surface area is 179 Å². The Morgan fingerprint density at radius 2 is 1.71 bits per heavy atom. The number of carbonyl (C=O) groups is 3. The number of imide groups is 1. The van der Waals surface area contributed by atoms with Crippen LogP contribution in [0, 0.1) is 0 Å². The van der Waals surface area contributed by atoms with Crippen LogP contribution in [0.3, 0.4) is 0 Å². The van der Waals surface area contributed by atoms with Gasteiger partial charge in [0.15, 0.2) is 0 Å². The lowest BCUT2D eigenvalue weighted by molar-refractivity contribution is -0.119. The zero-order chi connectivity index (χ0) is 20.0. The highest BCUT2D eigenvalue weighted by Crippen LogP contribution is 2.35. The number of halogens is 3. The summed E-state index contributed by atoms with van der Waals surface area (Å²) in [5.41, 5.74) is 0.730. The molecule has 0 saturated carbocycles. The fourth-order valence-corrected chi connectivity index (χ4v) is 4.19. The minimum atomic E-state index is -0.673. The lowest BCUT2D eigenvalue weighted by Crippen LogP contribution is -2.36. The van der Waals surface area contributed by atoms with Crippen molar-refractivity contribution in [1.82, 2.24) is 4.90 Å². The monoisotopic (exact) mass is 482 g/mol. The first-order chi connectivity index (χ1) is 13.3. The molecule has 3 amide bonds. The number of fused-ring (bicyclic) bond motifs is 1. The van der Waals surface area contributed by atoms with E-state index in [0.717, 1.165) is 9.37 Å². The Balaban J connectivity index is 1.47. The van der Waals surface area contributed by atoms with Crippen LogP contribution in [0.2, 0.25) is 10.0 Å². The van der Waals surface area contributed by atoms with E-state index in [2.05, 4.69) is 15.9 Å². The van der Waals surface area contributed by atoms with Gasteiger partial charge in [-0.1, -0.05) is 39.1 Å². The highest BCUT2D eigenvalue weighted by molar-refractivity contribution is 9.10. The topological polar surface area (TPSA) is 66.9 Å². The maximum Gasteiger partial charge on any atom is 0.338 e. The number of hydrogen-bond donors (Lipinski definition) is 0. The number of esters is 1. The third-order valence-electron chi connectivity index (χ3n) is 4.66. The van der Waals surface area contributed by atoms with Crippen LogP contribution >= 0.6 is 39.1 Å². The smallest absolute Gasteiger partial charge is 0.338 e. The molecule has 2 heterocycles. The predicted molar refractivity (Wildman–Crippen MR) is 108 cm³/mol. The fourth-order valence-electron chi connectivity index (χ4n) is 3.41. The third-order valence-corrected chi connectivity index (χ3v) is 5.63. The number of urea groups is 1. The van der Waals surface area contributed by atoms with Crippen LogP contribution in [0.15, 0.2) is 46.9 Å². The van der Waals surface area contributed by atoms with E-state index in [1.807, 2.05) is 0 Å². The van der Waals surface area contributed by atoms with Crippen molar-refractivity contribution in [2.45, 2.75) is 18.6 Å². The van der Waals surface area contributed by atoms with E-state index >= 15 is 0 Å². The average molecular weight is 484 g/mol. The number of hydrogen-bond acceptors (Lipinski definition) is 4. The van der Waals surface area contributed by atoms with Crippen LogP contribution in [0.1, 0.15) is 16.8 Å². The molecule has 2 aromatic carbocycles. The molecule has 2 unspecified atom stereocenters. The number of benzene rings is 2. The molecule has 28 heavy (non-hydrogen) atoms. The maximum atomic E-state index is 12.8. The van der Waals surface area contributed by atoms with E-state index < -0.39 is 24.1 Å². The lowest BCUT2D eigenvalue weighted by Gasteiger charge is -2.18. The predicted octanol–water partition coefficient (Wildman–Crippen LogP) is 4.52. The highest BCUT2D eigenvalue weighted by Gasteiger charge is 2.52. The van der Waals surface area contributed by atoms with Gasteiger partial charge in [0, 0.05) is 20.9 Å². The van der Waals surface area contributed by atoms with Crippen LogP contribution in [0.25, 0.3) is 0 Å². The molecule has 2 aliphatic rings. The summed E-state index contributed by atoms with van der Waals surface area (Å²) < 4.78 is 6.34. The van der Waals surface area contributed by atoms with Gasteiger partial charge in [-0.15, -0.1) is 0 Å². The second kappa shape index (κ2) is 7.39. The summed E-state index contributed by atoms with van der Waals surface area (Å²) in [6.07, 6.45) is -0.295. The molecule has 0 bridgehead atoms. The Hall–Kier alpha value is -2.09. The van der Waals surface area contributed by atoms with Crippen molar-refractivity contribution in [3.8, 4) is 0 Å². The zero-order valence-corrected chi connectivity index (χ0v) is 17.4. The molecule has 2 fully saturated rings. The number of nitrogens with zero attached hydrogens (tertiary/aromatic N) is 2. The summed E-state index contributed by atoms with van der Waals surface area (Å²) in [6.45, 7) is 0.155. The van der Waals surface area contributed by atoms with Gasteiger partial charge >= 0.3 is 12.0 Å². The number of ether oxygens (including phenoxy) is 1. The quantitative estimate of drug-likeness (QED) is 0.475. The van der Waals surface area contributed by atoms with Gasteiger partial charge in [0.1, 0.15) is 12.1 Å². The van der Waals surface area contributed by atoms with E-state index in [9.17, 15) is 14.4 Å². The van der Waals surface area contributed by atoms with Gasteiger partial charge in [-0.25, -0.2) is 14.5 Å². The lowest BCUT2D eigenvalue weighted by atomic mass is 10.1. The van der Waals surface area contributed by atoms with Crippen molar-refractivity contribution >= 4 is 62.7 Å². The van der Waals surface area contributed by atoms with Crippen molar-refractivity contribution in [3.05, 3.63) is 62.5 Å². The van der Waals surface area contributed by atoms with Crippen LogP contribution in [-0.2, 0) is 9.53 Å². The number of carbonyl (C=O) groups excluding carboxylic acids is 3. The summed E-state index contributed by atoms with van der Waals surface area (Å²) in [5, 5.41) is 0.660. The molecule has 0 aliphatic carbocycles. The van der Waals surface area contributed by atoms with Crippen LogP contribution in [0.4, 0.5) is 10.5 Å². The minimum absolute atomic E-state index is 0.155. The van der Waals surface area contributed by atoms with Crippen molar-refractivity contribution in [1.29, 1.82) is 0 Å². The average Bonchev–Trinajstić information content (AvgIpc) is 3.14. The molecule has 4 rings (SSSR count). The number of anilines is 1. The van der Waals surface area contributed by atoms with Crippen LogP contribution < -0.4 is 4.90 Å². The first-order valence-corrected chi connectivity index (χ1v) is 9.95. The molecule has 2 aliphatic heterocycles. The third kappa shape index (κ3) is 3.50. The molecule has 0 spiro atoms. The summed E-state index contributed by atoms with van der Waals surface area (Å²) in [4.78, 5) is 40.3. The molecule has 2 atom stereocenters. The van der Waals surface area contributed by atoms with Crippen molar-refractivity contribution in [3.63, 3.8) is 0 Å². The van der Waals surface area contributed by atoms with Crippen LogP contribution in [-0.4, -0.2) is 41.5 Å². The molecule has 2 aromatic rings. The van der Waals surface area contributed by atoms with Gasteiger partial charge in [-0.2, -0.15) is 0 Å². The summed E-state index contributed by atoms with van der Waals surface area (Å²) in [7, 11) is 0. The summed E-state index contributed by atoms with van der Waals surface area (Å²) in [5.74, 6) is -0.873. The van der Waals surface area contributed by atoms with Crippen molar-refractivity contribution in [2.24, 2.45) is 0 Å². The van der Waals surface area contributed by atoms with E-state index in [0.29, 0.717) is 21.3 Å². The molecule has 2 saturated heterocycles. The van der Waals surface area contributed by atoms with Gasteiger partial charge in [0.25, 0.3) is 5.91 Å². The number of amides is 3. The fraction of sp³-hybridized carbons (Fsp3) is 0.211. The molecule has 0 radical (unpaired) electrons. The molecular formula is C19H13BrCl2N2O4. The zero-order valence-electron chi connectivity index (χ0n) is 14.3. The summed E-state index contributed by atoms with van der Waals surface area (Å²) in [6, 6.07) is 10.2. The molecule has 144 valence electrons. The minimum Gasteiger partial charge on any atom is -0.457 e. The first-order valence-electron chi connectivity index (χ1n) is 8.40. The second-order valence-corrected chi connectivity index (χ2v) is 8.31. The Morgan fingerprint density at radius 3 is 2.32 bits per heavy atom. The Kier molecular flexibility index (Phi) is 5.07. The van der Waals surface area contributed by atoms with Crippen molar-refractivity contribution < 1.29 is 19.1 Å². The van der Waals surface area contributed by atoms with E-state index in [1.54, 1.807) is 24.3 Å². The Morgan fingerprint density at radius 1 is 1.07 bits per heavy atom. The van der Waals surface area contributed by atoms with E-state index in [1.165, 1.54) is 23.1 Å².